The molecular formula is C27H38ClN3O4S. The molecule has 0 aromatic heterocycles. The van der Waals surface area contributed by atoms with Crippen LogP contribution in [0.15, 0.2) is 48.5 Å². The Morgan fingerprint density at radius 3 is 2.31 bits per heavy atom. The summed E-state index contributed by atoms with van der Waals surface area (Å²) < 4.78 is 26.1. The molecule has 0 saturated carbocycles. The van der Waals surface area contributed by atoms with E-state index in [0.29, 0.717) is 30.1 Å². The van der Waals surface area contributed by atoms with Crippen molar-refractivity contribution >= 4 is 39.1 Å². The lowest BCUT2D eigenvalue weighted by molar-refractivity contribution is -0.142. The van der Waals surface area contributed by atoms with Crippen LogP contribution >= 0.6 is 11.6 Å². The van der Waals surface area contributed by atoms with Crippen LogP contribution in [-0.4, -0.2) is 49.5 Å². The van der Waals surface area contributed by atoms with Gasteiger partial charge >= 0.3 is 0 Å². The fraction of sp³-hybridized carbons (Fsp3) is 0.481. The summed E-state index contributed by atoms with van der Waals surface area (Å²) in [6.07, 6.45) is 1.97. The number of aryl methyl sites for hydroxylation is 1. The molecule has 0 bridgehead atoms. The zero-order valence-electron chi connectivity index (χ0n) is 22.0. The third-order valence-electron chi connectivity index (χ3n) is 5.73. The Kier molecular flexibility index (Phi) is 10.4. The molecule has 2 amide bonds. The minimum atomic E-state index is -3.58. The number of carbonyl (C=O) groups excluding carboxylic acids is 2. The molecule has 0 radical (unpaired) electrons. The molecule has 0 aliphatic carbocycles. The summed E-state index contributed by atoms with van der Waals surface area (Å²) in [7, 11) is -3.58. The molecule has 198 valence electrons. The van der Waals surface area contributed by atoms with Gasteiger partial charge in [0.05, 0.1) is 11.9 Å². The second kappa shape index (κ2) is 12.6. The maximum atomic E-state index is 13.5. The summed E-state index contributed by atoms with van der Waals surface area (Å²) in [5, 5.41) is 3.42. The maximum Gasteiger partial charge on any atom is 0.243 e. The number of anilines is 1. The highest BCUT2D eigenvalue weighted by atomic mass is 35.5. The van der Waals surface area contributed by atoms with Crippen molar-refractivity contribution in [3.63, 3.8) is 0 Å². The van der Waals surface area contributed by atoms with Crippen molar-refractivity contribution in [3.05, 3.63) is 64.7 Å². The first-order valence-corrected chi connectivity index (χ1v) is 14.3. The maximum absolute atomic E-state index is 13.5. The lowest BCUT2D eigenvalue weighted by atomic mass is 10.0. The number of carbonyl (C=O) groups is 2. The van der Waals surface area contributed by atoms with Gasteiger partial charge in [0, 0.05) is 30.1 Å². The zero-order valence-corrected chi connectivity index (χ0v) is 23.6. The van der Waals surface area contributed by atoms with Gasteiger partial charge in [-0.25, -0.2) is 8.42 Å². The Labute approximate surface area is 220 Å². The van der Waals surface area contributed by atoms with Gasteiger partial charge in [-0.2, -0.15) is 0 Å². The fourth-order valence-electron chi connectivity index (χ4n) is 3.98. The smallest absolute Gasteiger partial charge is 0.243 e. The number of nitrogens with zero attached hydrogens (tertiary/aromatic N) is 2. The van der Waals surface area contributed by atoms with E-state index in [0.717, 1.165) is 17.4 Å². The van der Waals surface area contributed by atoms with E-state index < -0.39 is 21.6 Å². The van der Waals surface area contributed by atoms with Gasteiger partial charge in [0.1, 0.15) is 6.04 Å². The second-order valence-corrected chi connectivity index (χ2v) is 12.4. The van der Waals surface area contributed by atoms with Crippen molar-refractivity contribution in [1.82, 2.24) is 10.2 Å². The third kappa shape index (κ3) is 8.82. The van der Waals surface area contributed by atoms with Gasteiger partial charge < -0.3 is 10.2 Å². The van der Waals surface area contributed by atoms with Crippen LogP contribution in [0.2, 0.25) is 5.02 Å². The molecule has 0 fully saturated rings. The summed E-state index contributed by atoms with van der Waals surface area (Å²) in [4.78, 5) is 28.3. The minimum absolute atomic E-state index is 0.0950. The molecule has 0 aliphatic rings. The van der Waals surface area contributed by atoms with Crippen molar-refractivity contribution in [2.24, 2.45) is 0 Å². The van der Waals surface area contributed by atoms with Gasteiger partial charge in [-0.3, -0.25) is 13.9 Å². The summed E-state index contributed by atoms with van der Waals surface area (Å²) in [5.41, 5.74) is 2.01. The number of hydrogen-bond acceptors (Lipinski definition) is 4. The third-order valence-corrected chi connectivity index (χ3v) is 7.16. The molecule has 1 N–H and O–H groups in total. The predicted octanol–water partition coefficient (Wildman–Crippen LogP) is 4.92. The Balaban J connectivity index is 2.25. The van der Waals surface area contributed by atoms with Gasteiger partial charge in [0.2, 0.25) is 21.8 Å². The summed E-state index contributed by atoms with van der Waals surface area (Å²) in [5.74, 6) is -0.405. The average molecular weight is 536 g/mol. The number of halogens is 1. The molecule has 0 saturated heterocycles. The average Bonchev–Trinajstić information content (AvgIpc) is 2.75. The van der Waals surface area contributed by atoms with Crippen LogP contribution in [0.1, 0.15) is 58.1 Å². The first kappa shape index (κ1) is 29.6. The van der Waals surface area contributed by atoms with Crippen molar-refractivity contribution < 1.29 is 18.0 Å². The SMILES string of the molecule is CC[C@@H](C(=O)NC(C)(C)C)N(Cc1ccccc1C)C(=O)CCCN(c1cccc(Cl)c1)S(C)(=O)=O. The van der Waals surface area contributed by atoms with Crippen molar-refractivity contribution in [2.45, 2.75) is 72.0 Å². The normalized spacial score (nSPS) is 12.6. The summed E-state index contributed by atoms with van der Waals surface area (Å²) in [6.45, 7) is 9.99. The minimum Gasteiger partial charge on any atom is -0.350 e. The highest BCUT2D eigenvalue weighted by molar-refractivity contribution is 7.92. The van der Waals surface area contributed by atoms with E-state index in [4.69, 9.17) is 11.6 Å². The molecule has 0 aliphatic heterocycles. The van der Waals surface area contributed by atoms with E-state index in [-0.39, 0.29) is 24.8 Å². The summed E-state index contributed by atoms with van der Waals surface area (Å²) >= 11 is 6.06. The Bertz CT molecular complexity index is 1160. The molecule has 0 unspecified atom stereocenters. The topological polar surface area (TPSA) is 86.8 Å². The zero-order chi connectivity index (χ0) is 27.1. The van der Waals surface area contributed by atoms with Gasteiger partial charge in [0.15, 0.2) is 0 Å². The van der Waals surface area contributed by atoms with Crippen LogP contribution < -0.4 is 9.62 Å². The van der Waals surface area contributed by atoms with Crippen molar-refractivity contribution in [3.8, 4) is 0 Å². The van der Waals surface area contributed by atoms with Gasteiger partial charge in [-0.05, 0) is 69.9 Å². The lowest BCUT2D eigenvalue weighted by Gasteiger charge is -2.33. The molecule has 7 nitrogen and oxygen atoms in total. The van der Waals surface area contributed by atoms with Crippen LogP contribution in [-0.2, 0) is 26.2 Å². The molecule has 2 aromatic rings. The highest BCUT2D eigenvalue weighted by Crippen LogP contribution is 2.23. The molecule has 0 spiro atoms. The second-order valence-electron chi connectivity index (χ2n) is 10.0. The van der Waals surface area contributed by atoms with E-state index in [2.05, 4.69) is 5.32 Å². The number of hydrogen-bond donors (Lipinski definition) is 1. The van der Waals surface area contributed by atoms with Gasteiger partial charge in [0.25, 0.3) is 0 Å². The first-order valence-electron chi connectivity index (χ1n) is 12.1. The van der Waals surface area contributed by atoms with Crippen molar-refractivity contribution in [2.75, 3.05) is 17.1 Å². The number of benzene rings is 2. The van der Waals surface area contributed by atoms with Gasteiger partial charge in [-0.15, -0.1) is 0 Å². The standard InChI is InChI=1S/C27H38ClN3O4S/c1-7-24(26(33)29-27(3,4)5)30(19-21-13-9-8-12-20(21)2)25(32)16-11-17-31(36(6,34)35)23-15-10-14-22(28)18-23/h8-10,12-15,18,24H,7,11,16-17,19H2,1-6H3,(H,29,33)/t24-/m0/s1. The molecule has 0 heterocycles. The molecule has 9 heteroatoms. The number of sulfonamides is 1. The first-order chi connectivity index (χ1) is 16.7. The number of amides is 2. The van der Waals surface area contributed by atoms with Crippen LogP contribution in [0.5, 0.6) is 0 Å². The van der Waals surface area contributed by atoms with Crippen LogP contribution in [0, 0.1) is 6.92 Å². The van der Waals surface area contributed by atoms with Crippen LogP contribution in [0.25, 0.3) is 0 Å². The van der Waals surface area contributed by atoms with E-state index in [1.54, 1.807) is 29.2 Å². The molecule has 2 aromatic carbocycles. The van der Waals surface area contributed by atoms with Crippen molar-refractivity contribution in [1.29, 1.82) is 0 Å². The number of nitrogens with one attached hydrogen (secondary N) is 1. The van der Waals surface area contributed by atoms with E-state index in [1.165, 1.54) is 4.31 Å². The highest BCUT2D eigenvalue weighted by Gasteiger charge is 2.31. The molecular weight excluding hydrogens is 498 g/mol. The number of rotatable bonds is 11. The van der Waals surface area contributed by atoms with E-state index in [9.17, 15) is 18.0 Å². The quantitative estimate of drug-likeness (QED) is 0.442. The van der Waals surface area contributed by atoms with Crippen LogP contribution in [0.4, 0.5) is 5.69 Å². The molecule has 1 atom stereocenters. The Hall–Kier alpha value is -2.58. The Morgan fingerprint density at radius 1 is 1.08 bits per heavy atom. The molecule has 2 rings (SSSR count). The van der Waals surface area contributed by atoms with Gasteiger partial charge in [-0.1, -0.05) is 48.9 Å². The fourth-order valence-corrected chi connectivity index (χ4v) is 5.12. The van der Waals surface area contributed by atoms with Crippen LogP contribution in [0.3, 0.4) is 0 Å². The molecule has 36 heavy (non-hydrogen) atoms. The predicted molar refractivity (Wildman–Crippen MR) is 147 cm³/mol. The largest absolute Gasteiger partial charge is 0.350 e. The van der Waals surface area contributed by atoms with E-state index in [1.807, 2.05) is 58.9 Å². The summed E-state index contributed by atoms with van der Waals surface area (Å²) in [6, 6.07) is 13.7. The van der Waals surface area contributed by atoms with E-state index >= 15 is 0 Å². The Morgan fingerprint density at radius 2 is 1.75 bits per heavy atom. The monoisotopic (exact) mass is 535 g/mol. The lowest BCUT2D eigenvalue weighted by Crippen LogP contribution is -2.53.